The van der Waals surface area contributed by atoms with Crippen LogP contribution in [-0.2, 0) is 27.2 Å². The van der Waals surface area contributed by atoms with Gasteiger partial charge in [-0.05, 0) is 42.5 Å². The molecule has 0 saturated heterocycles. The maximum Gasteiger partial charge on any atom is 0.321 e. The standard InChI is InChI=1S/C17H20N2O4S/c1-2-8-18-17(22)19-15(20)10-23-16(21)11-24-14-7-6-12-4-3-5-13(12)9-14/h2,6-7,9H,1,3-5,8,10-11H2,(H2,18,19,20,22). The van der Waals surface area contributed by atoms with Gasteiger partial charge in [0.05, 0.1) is 5.75 Å². The van der Waals surface area contributed by atoms with E-state index in [9.17, 15) is 14.4 Å². The first-order valence-electron chi connectivity index (χ1n) is 7.67. The number of amides is 3. The second-order valence-electron chi connectivity index (χ2n) is 5.28. The highest BCUT2D eigenvalue weighted by Gasteiger charge is 2.13. The topological polar surface area (TPSA) is 84.5 Å². The van der Waals surface area contributed by atoms with Crippen LogP contribution in [0.1, 0.15) is 17.5 Å². The number of thioether (sulfide) groups is 1. The number of benzene rings is 1. The number of nitrogens with one attached hydrogen (secondary N) is 2. The predicted octanol–water partition coefficient (Wildman–Crippen LogP) is 1.82. The molecule has 0 aromatic heterocycles. The monoisotopic (exact) mass is 348 g/mol. The highest BCUT2D eigenvalue weighted by molar-refractivity contribution is 8.00. The molecule has 7 heteroatoms. The highest BCUT2D eigenvalue weighted by atomic mass is 32.2. The van der Waals surface area contributed by atoms with Crippen molar-refractivity contribution in [3.05, 3.63) is 42.0 Å². The van der Waals surface area contributed by atoms with Gasteiger partial charge in [-0.25, -0.2) is 4.79 Å². The lowest BCUT2D eigenvalue weighted by molar-refractivity contribution is -0.145. The number of rotatable bonds is 7. The van der Waals surface area contributed by atoms with Crippen LogP contribution < -0.4 is 10.6 Å². The number of esters is 1. The molecule has 0 atom stereocenters. The first-order valence-corrected chi connectivity index (χ1v) is 8.66. The maximum atomic E-state index is 11.7. The van der Waals surface area contributed by atoms with E-state index in [-0.39, 0.29) is 12.3 Å². The Morgan fingerprint density at radius 1 is 1.25 bits per heavy atom. The van der Waals surface area contributed by atoms with Crippen molar-refractivity contribution in [3.63, 3.8) is 0 Å². The average molecular weight is 348 g/mol. The molecule has 2 N–H and O–H groups in total. The fraction of sp³-hybridized carbons (Fsp3) is 0.353. The van der Waals surface area contributed by atoms with Crippen LogP contribution in [0, 0.1) is 0 Å². The number of hydrogen-bond donors (Lipinski definition) is 2. The fourth-order valence-corrected chi connectivity index (χ4v) is 3.10. The molecule has 6 nitrogen and oxygen atoms in total. The third-order valence-corrected chi connectivity index (χ3v) is 4.42. The van der Waals surface area contributed by atoms with E-state index in [0.717, 1.165) is 17.7 Å². The van der Waals surface area contributed by atoms with Crippen LogP contribution in [0.5, 0.6) is 0 Å². The Morgan fingerprint density at radius 3 is 2.83 bits per heavy atom. The minimum atomic E-state index is -0.674. The first kappa shape index (κ1) is 18.1. The predicted molar refractivity (Wildman–Crippen MR) is 91.9 cm³/mol. The minimum absolute atomic E-state index is 0.120. The lowest BCUT2D eigenvalue weighted by Gasteiger charge is -2.07. The Labute approximate surface area is 145 Å². The number of ether oxygens (including phenoxy) is 1. The van der Waals surface area contributed by atoms with E-state index in [0.29, 0.717) is 0 Å². The Hall–Kier alpha value is -2.28. The minimum Gasteiger partial charge on any atom is -0.455 e. The molecule has 0 saturated carbocycles. The molecule has 3 amide bonds. The Balaban J connectivity index is 1.67. The van der Waals surface area contributed by atoms with Crippen LogP contribution in [0.15, 0.2) is 35.7 Å². The molecule has 0 fully saturated rings. The molecule has 0 aliphatic heterocycles. The summed E-state index contributed by atoms with van der Waals surface area (Å²) in [6.07, 6.45) is 4.88. The summed E-state index contributed by atoms with van der Waals surface area (Å²) in [5.41, 5.74) is 2.73. The number of fused-ring (bicyclic) bond motifs is 1. The summed E-state index contributed by atoms with van der Waals surface area (Å²) < 4.78 is 4.85. The molecule has 0 heterocycles. The van der Waals surface area contributed by atoms with E-state index in [1.165, 1.54) is 35.4 Å². The summed E-state index contributed by atoms with van der Waals surface area (Å²) in [4.78, 5) is 35.4. The zero-order valence-electron chi connectivity index (χ0n) is 13.3. The molecule has 0 bridgehead atoms. The Bertz CT molecular complexity index is 645. The van der Waals surface area contributed by atoms with Crippen molar-refractivity contribution in [1.29, 1.82) is 0 Å². The zero-order valence-corrected chi connectivity index (χ0v) is 14.1. The Morgan fingerprint density at radius 2 is 2.04 bits per heavy atom. The van der Waals surface area contributed by atoms with E-state index < -0.39 is 24.5 Å². The highest BCUT2D eigenvalue weighted by Crippen LogP contribution is 2.27. The van der Waals surface area contributed by atoms with Gasteiger partial charge in [-0.3, -0.25) is 14.9 Å². The number of hydrogen-bond acceptors (Lipinski definition) is 5. The molecular weight excluding hydrogens is 328 g/mol. The molecule has 0 spiro atoms. The molecule has 1 aliphatic rings. The van der Waals surface area contributed by atoms with Gasteiger partial charge >= 0.3 is 12.0 Å². The smallest absolute Gasteiger partial charge is 0.321 e. The van der Waals surface area contributed by atoms with Gasteiger partial charge in [-0.1, -0.05) is 12.1 Å². The Kier molecular flexibility index (Phi) is 6.87. The third-order valence-electron chi connectivity index (χ3n) is 3.45. The first-order chi connectivity index (χ1) is 11.6. The van der Waals surface area contributed by atoms with E-state index in [2.05, 4.69) is 29.3 Å². The number of aryl methyl sites for hydroxylation is 2. The molecule has 1 aromatic carbocycles. The molecule has 0 radical (unpaired) electrons. The number of urea groups is 1. The van der Waals surface area contributed by atoms with Gasteiger partial charge in [-0.2, -0.15) is 0 Å². The molecule has 2 rings (SSSR count). The van der Waals surface area contributed by atoms with E-state index in [1.54, 1.807) is 0 Å². The van der Waals surface area contributed by atoms with Crippen LogP contribution in [0.3, 0.4) is 0 Å². The number of carbonyl (C=O) groups is 3. The molecule has 128 valence electrons. The summed E-state index contributed by atoms with van der Waals surface area (Å²) in [6, 6.07) is 5.56. The summed E-state index contributed by atoms with van der Waals surface area (Å²) >= 11 is 1.37. The number of imide groups is 1. The van der Waals surface area contributed by atoms with Gasteiger partial charge in [0.15, 0.2) is 6.61 Å². The lowest BCUT2D eigenvalue weighted by atomic mass is 10.1. The maximum absolute atomic E-state index is 11.7. The van der Waals surface area contributed by atoms with Gasteiger partial charge in [0.1, 0.15) is 0 Å². The van der Waals surface area contributed by atoms with Crippen molar-refractivity contribution in [2.75, 3.05) is 18.9 Å². The van der Waals surface area contributed by atoms with Crippen LogP contribution >= 0.6 is 11.8 Å². The molecule has 1 aliphatic carbocycles. The zero-order chi connectivity index (χ0) is 17.4. The fourth-order valence-electron chi connectivity index (χ4n) is 2.34. The van der Waals surface area contributed by atoms with Gasteiger partial charge in [-0.15, -0.1) is 18.3 Å². The summed E-state index contributed by atoms with van der Waals surface area (Å²) in [6.45, 7) is 3.20. The largest absolute Gasteiger partial charge is 0.455 e. The van der Waals surface area contributed by atoms with Crippen LogP contribution in [-0.4, -0.2) is 36.8 Å². The van der Waals surface area contributed by atoms with E-state index in [4.69, 9.17) is 4.74 Å². The van der Waals surface area contributed by atoms with Crippen molar-refractivity contribution in [3.8, 4) is 0 Å². The molecule has 1 aromatic rings. The van der Waals surface area contributed by atoms with E-state index >= 15 is 0 Å². The van der Waals surface area contributed by atoms with Gasteiger partial charge in [0.2, 0.25) is 0 Å². The summed E-state index contributed by atoms with van der Waals surface area (Å²) in [7, 11) is 0. The normalized spacial score (nSPS) is 12.2. The second kappa shape index (κ2) is 9.12. The van der Waals surface area contributed by atoms with Crippen molar-refractivity contribution in [2.24, 2.45) is 0 Å². The number of carbonyl (C=O) groups excluding carboxylic acids is 3. The van der Waals surface area contributed by atoms with Crippen molar-refractivity contribution >= 4 is 29.7 Å². The third kappa shape index (κ3) is 5.73. The van der Waals surface area contributed by atoms with Crippen molar-refractivity contribution < 1.29 is 19.1 Å². The molecule has 24 heavy (non-hydrogen) atoms. The van der Waals surface area contributed by atoms with Gasteiger partial charge in [0.25, 0.3) is 5.91 Å². The van der Waals surface area contributed by atoms with Crippen LogP contribution in [0.2, 0.25) is 0 Å². The van der Waals surface area contributed by atoms with Gasteiger partial charge < -0.3 is 10.1 Å². The SMILES string of the molecule is C=CCNC(=O)NC(=O)COC(=O)CSc1ccc2c(c1)CCC2. The van der Waals surface area contributed by atoms with Crippen LogP contribution in [0.4, 0.5) is 4.79 Å². The van der Waals surface area contributed by atoms with Crippen LogP contribution in [0.25, 0.3) is 0 Å². The van der Waals surface area contributed by atoms with Gasteiger partial charge in [0, 0.05) is 11.4 Å². The lowest BCUT2D eigenvalue weighted by Crippen LogP contribution is -2.41. The quantitative estimate of drug-likeness (QED) is 0.446. The van der Waals surface area contributed by atoms with Crippen molar-refractivity contribution in [1.82, 2.24) is 10.6 Å². The average Bonchev–Trinajstić information content (AvgIpc) is 3.04. The van der Waals surface area contributed by atoms with Crippen molar-refractivity contribution in [2.45, 2.75) is 24.2 Å². The molecule has 0 unspecified atom stereocenters. The van der Waals surface area contributed by atoms with E-state index in [1.807, 2.05) is 6.07 Å². The molecular formula is C17H20N2O4S. The summed E-state index contributed by atoms with van der Waals surface area (Å²) in [5.74, 6) is -1.05. The summed E-state index contributed by atoms with van der Waals surface area (Å²) in [5, 5.41) is 4.44. The second-order valence-corrected chi connectivity index (χ2v) is 6.33.